The maximum absolute atomic E-state index is 12.4. The molecule has 0 saturated carbocycles. The summed E-state index contributed by atoms with van der Waals surface area (Å²) < 4.78 is 6.44. The fourth-order valence-electron chi connectivity index (χ4n) is 5.05. The third-order valence-corrected chi connectivity index (χ3v) is 7.64. The minimum absolute atomic E-state index is 0.0137. The summed E-state index contributed by atoms with van der Waals surface area (Å²) in [5.74, 6) is 2.45. The highest BCUT2D eigenvalue weighted by atomic mass is 79.9. The van der Waals surface area contributed by atoms with Gasteiger partial charge in [-0.1, -0.05) is 18.2 Å². The first-order valence-corrected chi connectivity index (χ1v) is 13.0. The molecule has 8 nitrogen and oxygen atoms in total. The fourth-order valence-corrected chi connectivity index (χ4v) is 5.38. The van der Waals surface area contributed by atoms with Gasteiger partial charge in [0.25, 0.3) is 0 Å². The van der Waals surface area contributed by atoms with Gasteiger partial charge in [-0.3, -0.25) is 4.79 Å². The van der Waals surface area contributed by atoms with Crippen LogP contribution in [0.4, 0.5) is 23.1 Å². The molecule has 1 saturated heterocycles. The molecular weight excluding hydrogens is 520 g/mol. The van der Waals surface area contributed by atoms with Gasteiger partial charge in [0.1, 0.15) is 11.6 Å². The molecule has 2 aromatic carbocycles. The molecule has 188 valence electrons. The van der Waals surface area contributed by atoms with Gasteiger partial charge >= 0.3 is 0 Å². The summed E-state index contributed by atoms with van der Waals surface area (Å²) in [5, 5.41) is 13.1. The van der Waals surface area contributed by atoms with Crippen molar-refractivity contribution >= 4 is 45.0 Å². The van der Waals surface area contributed by atoms with E-state index in [0.717, 1.165) is 58.7 Å². The van der Waals surface area contributed by atoms with Crippen LogP contribution in [0, 0.1) is 0 Å². The minimum Gasteiger partial charge on any atom is -0.495 e. The van der Waals surface area contributed by atoms with Crippen LogP contribution in [0.1, 0.15) is 49.3 Å². The van der Waals surface area contributed by atoms with Crippen LogP contribution in [0.15, 0.2) is 47.1 Å². The molecular formula is C27H31BrN6O2. The lowest BCUT2D eigenvalue weighted by molar-refractivity contribution is -0.119. The van der Waals surface area contributed by atoms with Crippen molar-refractivity contribution in [3.8, 4) is 5.75 Å². The zero-order valence-corrected chi connectivity index (χ0v) is 22.3. The molecule has 1 aromatic heterocycles. The molecule has 5 rings (SSSR count). The Balaban J connectivity index is 1.34. The summed E-state index contributed by atoms with van der Waals surface area (Å²) in [6, 6.07) is 12.2. The summed E-state index contributed by atoms with van der Waals surface area (Å²) in [4.78, 5) is 21.6. The van der Waals surface area contributed by atoms with Gasteiger partial charge in [0.2, 0.25) is 11.9 Å². The lowest BCUT2D eigenvalue weighted by Crippen LogP contribution is -2.28. The molecule has 1 fully saturated rings. The van der Waals surface area contributed by atoms with Gasteiger partial charge in [0.15, 0.2) is 0 Å². The molecule has 0 radical (unpaired) electrons. The average molecular weight is 551 g/mol. The molecule has 2 aliphatic rings. The summed E-state index contributed by atoms with van der Waals surface area (Å²) in [6.45, 7) is 6.51. The molecule has 4 N–H and O–H groups in total. The minimum atomic E-state index is -0.583. The number of nitrogens with one attached hydrogen (secondary N) is 4. The molecule has 0 spiro atoms. The van der Waals surface area contributed by atoms with Crippen molar-refractivity contribution in [1.29, 1.82) is 0 Å². The number of carbonyl (C=O) groups is 1. The number of benzene rings is 2. The van der Waals surface area contributed by atoms with E-state index in [-0.39, 0.29) is 5.91 Å². The smallest absolute Gasteiger partial charge is 0.234 e. The second-order valence-electron chi connectivity index (χ2n) is 9.77. The van der Waals surface area contributed by atoms with E-state index < -0.39 is 5.41 Å². The van der Waals surface area contributed by atoms with Crippen LogP contribution in [0.3, 0.4) is 0 Å². The van der Waals surface area contributed by atoms with Crippen molar-refractivity contribution in [2.45, 2.75) is 44.6 Å². The van der Waals surface area contributed by atoms with Crippen LogP contribution < -0.4 is 26.0 Å². The van der Waals surface area contributed by atoms with E-state index >= 15 is 0 Å². The van der Waals surface area contributed by atoms with Gasteiger partial charge in [-0.25, -0.2) is 4.98 Å². The summed E-state index contributed by atoms with van der Waals surface area (Å²) in [5.41, 5.74) is 4.46. The maximum atomic E-state index is 12.4. The van der Waals surface area contributed by atoms with Crippen molar-refractivity contribution < 1.29 is 9.53 Å². The third kappa shape index (κ3) is 4.77. The molecule has 1 amide bonds. The lowest BCUT2D eigenvalue weighted by Gasteiger charge is -2.24. The summed E-state index contributed by atoms with van der Waals surface area (Å²) in [6.07, 6.45) is 3.98. The number of piperidine rings is 1. The molecule has 0 bridgehead atoms. The number of nitrogens with zero attached hydrogens (tertiary/aromatic N) is 2. The largest absolute Gasteiger partial charge is 0.495 e. The van der Waals surface area contributed by atoms with Crippen LogP contribution in [0.5, 0.6) is 5.75 Å². The maximum Gasteiger partial charge on any atom is 0.234 e. The van der Waals surface area contributed by atoms with Gasteiger partial charge in [-0.2, -0.15) is 4.98 Å². The Morgan fingerprint density at radius 1 is 1.19 bits per heavy atom. The van der Waals surface area contributed by atoms with Crippen molar-refractivity contribution in [3.63, 3.8) is 0 Å². The molecule has 2 aliphatic heterocycles. The topological polar surface area (TPSA) is 100 Å². The van der Waals surface area contributed by atoms with E-state index in [9.17, 15) is 4.79 Å². The van der Waals surface area contributed by atoms with Crippen molar-refractivity contribution in [3.05, 3.63) is 63.8 Å². The Morgan fingerprint density at radius 3 is 2.78 bits per heavy atom. The third-order valence-electron chi connectivity index (χ3n) is 7.06. The summed E-state index contributed by atoms with van der Waals surface area (Å²) in [7, 11) is 1.68. The first-order chi connectivity index (χ1) is 17.4. The number of carbonyl (C=O) groups excluding carboxylic acids is 1. The zero-order chi connectivity index (χ0) is 25.3. The average Bonchev–Trinajstić information content (AvgIpc) is 3.13. The van der Waals surface area contributed by atoms with Crippen LogP contribution in [-0.4, -0.2) is 36.1 Å². The van der Waals surface area contributed by atoms with Crippen molar-refractivity contribution in [2.24, 2.45) is 0 Å². The SMILES string of the molecule is COc1cc(C2CCNCC2)ccc1Nc1ncc(Br)c(NCc2cccc3c2C(C)(C)C(=O)N3)n1. The standard InChI is InChI=1S/C27H31BrN6O2/c1-27(2)23-18(5-4-6-21(23)32-25(27)35)14-30-24-19(28)15-31-26(34-24)33-20-8-7-17(13-22(20)36-3)16-9-11-29-12-10-16/h4-8,13,15-16,29H,9-12,14H2,1-3H3,(H,32,35)(H2,30,31,33,34). The first kappa shape index (κ1) is 24.5. The number of amides is 1. The van der Waals surface area contributed by atoms with E-state index in [1.165, 1.54) is 5.56 Å². The molecule has 0 aliphatic carbocycles. The van der Waals surface area contributed by atoms with E-state index in [2.05, 4.69) is 59.3 Å². The highest BCUT2D eigenvalue weighted by Gasteiger charge is 2.39. The molecule has 0 unspecified atom stereocenters. The Morgan fingerprint density at radius 2 is 2.00 bits per heavy atom. The van der Waals surface area contributed by atoms with Crippen LogP contribution in [-0.2, 0) is 16.8 Å². The summed E-state index contributed by atoms with van der Waals surface area (Å²) >= 11 is 3.55. The Bertz CT molecular complexity index is 1290. The Hall–Kier alpha value is -3.17. The Labute approximate surface area is 219 Å². The highest BCUT2D eigenvalue weighted by Crippen LogP contribution is 2.40. The van der Waals surface area contributed by atoms with E-state index in [4.69, 9.17) is 4.74 Å². The van der Waals surface area contributed by atoms with Gasteiger partial charge in [0.05, 0.1) is 22.7 Å². The fraction of sp³-hybridized carbons (Fsp3) is 0.370. The quantitative estimate of drug-likeness (QED) is 0.316. The number of rotatable bonds is 7. The van der Waals surface area contributed by atoms with Gasteiger partial charge in [-0.05, 0) is 96.5 Å². The van der Waals surface area contributed by atoms with Crippen LogP contribution >= 0.6 is 15.9 Å². The predicted molar refractivity (Wildman–Crippen MR) is 146 cm³/mol. The number of halogens is 1. The van der Waals surface area contributed by atoms with E-state index in [1.807, 2.05) is 38.1 Å². The van der Waals surface area contributed by atoms with Gasteiger partial charge in [-0.15, -0.1) is 0 Å². The van der Waals surface area contributed by atoms with Crippen LogP contribution in [0.2, 0.25) is 0 Å². The first-order valence-electron chi connectivity index (χ1n) is 12.2. The number of aromatic nitrogens is 2. The second kappa shape index (κ2) is 10.1. The highest BCUT2D eigenvalue weighted by molar-refractivity contribution is 9.10. The predicted octanol–water partition coefficient (Wildman–Crippen LogP) is 5.30. The van der Waals surface area contributed by atoms with E-state index in [1.54, 1.807) is 13.3 Å². The lowest BCUT2D eigenvalue weighted by atomic mass is 9.83. The van der Waals surface area contributed by atoms with Crippen LogP contribution in [0.25, 0.3) is 0 Å². The van der Waals surface area contributed by atoms with Crippen molar-refractivity contribution in [2.75, 3.05) is 36.1 Å². The molecule has 9 heteroatoms. The molecule has 3 heterocycles. The number of hydrogen-bond donors (Lipinski definition) is 4. The molecule has 36 heavy (non-hydrogen) atoms. The van der Waals surface area contributed by atoms with Crippen molar-refractivity contribution in [1.82, 2.24) is 15.3 Å². The van der Waals surface area contributed by atoms with Gasteiger partial charge < -0.3 is 26.0 Å². The number of hydrogen-bond acceptors (Lipinski definition) is 7. The number of methoxy groups -OCH3 is 1. The Kier molecular flexibility index (Phi) is 6.85. The van der Waals surface area contributed by atoms with E-state index in [0.29, 0.717) is 24.2 Å². The number of anilines is 4. The molecule has 3 aromatic rings. The molecule has 0 atom stereocenters. The normalized spacial score (nSPS) is 16.8. The number of fused-ring (bicyclic) bond motifs is 1. The number of ether oxygens (including phenoxy) is 1. The second-order valence-corrected chi connectivity index (χ2v) is 10.6. The monoisotopic (exact) mass is 550 g/mol. The van der Waals surface area contributed by atoms with Gasteiger partial charge in [0, 0.05) is 18.4 Å². The zero-order valence-electron chi connectivity index (χ0n) is 20.7.